The van der Waals surface area contributed by atoms with Crippen LogP contribution in [0.5, 0.6) is 0 Å². The van der Waals surface area contributed by atoms with Crippen LogP contribution in [0.15, 0.2) is 18.2 Å². The van der Waals surface area contributed by atoms with E-state index in [9.17, 15) is 0 Å². The molecule has 2 unspecified atom stereocenters. The SMILES string of the molecule is CCOC1CC(Nc2nc3cccc(Cl)c3s2)C1(C)C. The number of nitrogens with zero attached hydrogens (tertiary/aromatic N) is 1. The highest BCUT2D eigenvalue weighted by atomic mass is 35.5. The molecule has 0 spiro atoms. The average Bonchev–Trinajstić information content (AvgIpc) is 2.82. The Balaban J connectivity index is 1.76. The summed E-state index contributed by atoms with van der Waals surface area (Å²) in [5.41, 5.74) is 1.10. The van der Waals surface area contributed by atoms with Crippen molar-refractivity contribution in [3.8, 4) is 0 Å². The standard InChI is InChI=1S/C15H19ClN2OS/c1-4-19-12-8-11(15(12,2)3)18-14-17-10-7-5-6-9(16)13(10)20-14/h5-7,11-12H,4,8H2,1-3H3,(H,17,18). The molecule has 3 rings (SSSR count). The van der Waals surface area contributed by atoms with E-state index >= 15 is 0 Å². The highest BCUT2D eigenvalue weighted by molar-refractivity contribution is 7.22. The van der Waals surface area contributed by atoms with Crippen molar-refractivity contribution < 1.29 is 4.74 Å². The number of halogens is 1. The average molecular weight is 311 g/mol. The third-order valence-electron chi connectivity index (χ3n) is 4.21. The zero-order chi connectivity index (χ0) is 14.3. The number of ether oxygens (including phenoxy) is 1. The van der Waals surface area contributed by atoms with Crippen molar-refractivity contribution >= 4 is 38.3 Å². The van der Waals surface area contributed by atoms with Gasteiger partial charge in [-0.15, -0.1) is 0 Å². The van der Waals surface area contributed by atoms with E-state index in [1.54, 1.807) is 11.3 Å². The van der Waals surface area contributed by atoms with Crippen LogP contribution in [0.25, 0.3) is 10.2 Å². The van der Waals surface area contributed by atoms with Crippen LogP contribution in [0.3, 0.4) is 0 Å². The summed E-state index contributed by atoms with van der Waals surface area (Å²) in [6.45, 7) is 7.31. The van der Waals surface area contributed by atoms with E-state index in [1.807, 2.05) is 25.1 Å². The summed E-state index contributed by atoms with van der Waals surface area (Å²) in [5, 5.41) is 5.26. The van der Waals surface area contributed by atoms with Crippen molar-refractivity contribution in [1.29, 1.82) is 0 Å². The van der Waals surface area contributed by atoms with Gasteiger partial charge in [-0.25, -0.2) is 4.98 Å². The third-order valence-corrected chi connectivity index (χ3v) is 5.67. The van der Waals surface area contributed by atoms with Crippen LogP contribution in [-0.2, 0) is 4.74 Å². The third kappa shape index (κ3) is 2.30. The molecule has 1 aliphatic carbocycles. The van der Waals surface area contributed by atoms with Gasteiger partial charge >= 0.3 is 0 Å². The monoisotopic (exact) mass is 310 g/mol. The second-order valence-electron chi connectivity index (χ2n) is 5.81. The Kier molecular flexibility index (Phi) is 3.65. The van der Waals surface area contributed by atoms with Crippen LogP contribution in [-0.4, -0.2) is 23.7 Å². The van der Waals surface area contributed by atoms with Gasteiger partial charge in [0.2, 0.25) is 0 Å². The van der Waals surface area contributed by atoms with Gasteiger partial charge in [0.1, 0.15) is 0 Å². The molecule has 2 aromatic rings. The summed E-state index contributed by atoms with van der Waals surface area (Å²) in [7, 11) is 0. The van der Waals surface area contributed by atoms with Crippen molar-refractivity contribution in [2.75, 3.05) is 11.9 Å². The number of anilines is 1. The van der Waals surface area contributed by atoms with E-state index in [0.29, 0.717) is 12.1 Å². The van der Waals surface area contributed by atoms with Gasteiger partial charge in [0, 0.05) is 18.1 Å². The maximum atomic E-state index is 6.20. The molecule has 1 aromatic heterocycles. The van der Waals surface area contributed by atoms with Crippen LogP contribution in [0.4, 0.5) is 5.13 Å². The normalized spacial score (nSPS) is 24.6. The molecule has 20 heavy (non-hydrogen) atoms. The molecule has 1 aromatic carbocycles. The fourth-order valence-corrected chi connectivity index (χ4v) is 3.95. The second kappa shape index (κ2) is 5.17. The number of hydrogen-bond donors (Lipinski definition) is 1. The Labute approximate surface area is 128 Å². The van der Waals surface area contributed by atoms with Gasteiger partial charge in [-0.3, -0.25) is 0 Å². The largest absolute Gasteiger partial charge is 0.378 e. The summed E-state index contributed by atoms with van der Waals surface area (Å²) in [5.74, 6) is 0. The molecular formula is C15H19ClN2OS. The van der Waals surface area contributed by atoms with E-state index in [0.717, 1.165) is 33.4 Å². The summed E-state index contributed by atoms with van der Waals surface area (Å²) in [6, 6.07) is 6.24. The Morgan fingerprint density at radius 3 is 2.95 bits per heavy atom. The van der Waals surface area contributed by atoms with E-state index < -0.39 is 0 Å². The molecule has 108 valence electrons. The first-order chi connectivity index (χ1) is 9.52. The maximum absolute atomic E-state index is 6.20. The highest BCUT2D eigenvalue weighted by Crippen LogP contribution is 2.45. The van der Waals surface area contributed by atoms with Gasteiger partial charge in [-0.2, -0.15) is 0 Å². The zero-order valence-electron chi connectivity index (χ0n) is 11.9. The molecule has 5 heteroatoms. The molecule has 1 aliphatic rings. The number of hydrogen-bond acceptors (Lipinski definition) is 4. The molecular weight excluding hydrogens is 292 g/mol. The van der Waals surface area contributed by atoms with Gasteiger partial charge in [0.05, 0.1) is 21.3 Å². The fourth-order valence-electron chi connectivity index (χ4n) is 2.74. The highest BCUT2D eigenvalue weighted by Gasteiger charge is 2.49. The number of aromatic nitrogens is 1. The van der Waals surface area contributed by atoms with E-state index in [-0.39, 0.29) is 5.41 Å². The number of benzene rings is 1. The zero-order valence-corrected chi connectivity index (χ0v) is 13.5. The van der Waals surface area contributed by atoms with Crippen molar-refractivity contribution in [3.63, 3.8) is 0 Å². The lowest BCUT2D eigenvalue weighted by Gasteiger charge is -2.51. The lowest BCUT2D eigenvalue weighted by atomic mass is 9.64. The van der Waals surface area contributed by atoms with Crippen LogP contribution < -0.4 is 5.32 Å². The Bertz CT molecular complexity index is 625. The van der Waals surface area contributed by atoms with Crippen molar-refractivity contribution in [2.24, 2.45) is 5.41 Å². The summed E-state index contributed by atoms with van der Waals surface area (Å²) in [4.78, 5) is 4.61. The molecule has 2 atom stereocenters. The Morgan fingerprint density at radius 1 is 1.50 bits per heavy atom. The number of nitrogens with one attached hydrogen (secondary N) is 1. The van der Waals surface area contributed by atoms with Gasteiger partial charge in [-0.1, -0.05) is 42.9 Å². The lowest BCUT2D eigenvalue weighted by molar-refractivity contribution is -0.0975. The first-order valence-corrected chi connectivity index (χ1v) is 8.15. The molecule has 1 saturated carbocycles. The van der Waals surface area contributed by atoms with Crippen molar-refractivity contribution in [3.05, 3.63) is 23.2 Å². The first kappa shape index (κ1) is 14.1. The van der Waals surface area contributed by atoms with Crippen LogP contribution >= 0.6 is 22.9 Å². The summed E-state index contributed by atoms with van der Waals surface area (Å²) < 4.78 is 6.81. The fraction of sp³-hybridized carbons (Fsp3) is 0.533. The van der Waals surface area contributed by atoms with Gasteiger partial charge in [0.15, 0.2) is 5.13 Å². The second-order valence-corrected chi connectivity index (χ2v) is 7.21. The van der Waals surface area contributed by atoms with E-state index in [4.69, 9.17) is 16.3 Å². The Hall–Kier alpha value is -0.840. The number of fused-ring (bicyclic) bond motifs is 1. The minimum atomic E-state index is 0.137. The number of rotatable bonds is 4. The quantitative estimate of drug-likeness (QED) is 0.898. The molecule has 1 fully saturated rings. The first-order valence-electron chi connectivity index (χ1n) is 6.95. The predicted octanol–water partition coefficient (Wildman–Crippen LogP) is 4.57. The minimum absolute atomic E-state index is 0.137. The van der Waals surface area contributed by atoms with Crippen LogP contribution in [0.1, 0.15) is 27.2 Å². The topological polar surface area (TPSA) is 34.1 Å². The Morgan fingerprint density at radius 2 is 2.30 bits per heavy atom. The van der Waals surface area contributed by atoms with Gasteiger partial charge < -0.3 is 10.1 Å². The predicted molar refractivity (Wildman–Crippen MR) is 85.9 cm³/mol. The molecule has 1 N–H and O–H groups in total. The minimum Gasteiger partial charge on any atom is -0.378 e. The summed E-state index contributed by atoms with van der Waals surface area (Å²) >= 11 is 7.82. The molecule has 1 heterocycles. The van der Waals surface area contributed by atoms with Crippen molar-refractivity contribution in [1.82, 2.24) is 4.98 Å². The van der Waals surface area contributed by atoms with Crippen molar-refractivity contribution in [2.45, 2.75) is 39.3 Å². The maximum Gasteiger partial charge on any atom is 0.184 e. The molecule has 0 radical (unpaired) electrons. The molecule has 0 aliphatic heterocycles. The summed E-state index contributed by atoms with van der Waals surface area (Å²) in [6.07, 6.45) is 1.37. The number of thiazole rings is 1. The lowest BCUT2D eigenvalue weighted by Crippen LogP contribution is -2.58. The van der Waals surface area contributed by atoms with E-state index in [1.165, 1.54) is 0 Å². The van der Waals surface area contributed by atoms with Crippen LogP contribution in [0.2, 0.25) is 5.02 Å². The van der Waals surface area contributed by atoms with Crippen LogP contribution in [0, 0.1) is 5.41 Å². The molecule has 0 amide bonds. The van der Waals surface area contributed by atoms with Gasteiger partial charge in [-0.05, 0) is 25.5 Å². The molecule has 3 nitrogen and oxygen atoms in total. The molecule has 0 saturated heterocycles. The van der Waals surface area contributed by atoms with E-state index in [2.05, 4.69) is 24.1 Å². The van der Waals surface area contributed by atoms with Gasteiger partial charge in [0.25, 0.3) is 0 Å². The molecule has 0 bridgehead atoms. The smallest absolute Gasteiger partial charge is 0.184 e.